The summed E-state index contributed by atoms with van der Waals surface area (Å²) in [7, 11) is 0. The van der Waals surface area contributed by atoms with Gasteiger partial charge in [0.15, 0.2) is 5.82 Å². The standard InChI is InChI=1S/C23H25N5O/c1-17-5-2-3-7-20(17)21-8-9-22(27-26-21)28-14-4-6-19(16-28)23(29)25-15-18-10-12-24-13-11-18/h2-3,5,7-13,19H,4,6,14-16H2,1H3,(H,25,29). The van der Waals surface area contributed by atoms with Crippen molar-refractivity contribution in [1.82, 2.24) is 20.5 Å². The number of nitrogens with zero attached hydrogens (tertiary/aromatic N) is 4. The zero-order chi connectivity index (χ0) is 20.1. The van der Waals surface area contributed by atoms with Gasteiger partial charge in [-0.05, 0) is 55.2 Å². The Labute approximate surface area is 171 Å². The molecule has 29 heavy (non-hydrogen) atoms. The van der Waals surface area contributed by atoms with Gasteiger partial charge in [0, 0.05) is 37.6 Å². The molecule has 1 aromatic carbocycles. The summed E-state index contributed by atoms with van der Waals surface area (Å²) in [5.74, 6) is 0.883. The van der Waals surface area contributed by atoms with Crippen LogP contribution in [-0.4, -0.2) is 34.2 Å². The molecule has 0 aliphatic carbocycles. The molecule has 1 fully saturated rings. The number of aromatic nitrogens is 3. The SMILES string of the molecule is Cc1ccccc1-c1ccc(N2CCCC(C(=O)NCc3ccncc3)C2)nn1. The number of aryl methyl sites for hydroxylation is 1. The Hall–Kier alpha value is -3.28. The first-order valence-electron chi connectivity index (χ1n) is 10.0. The Morgan fingerprint density at radius 1 is 1.10 bits per heavy atom. The summed E-state index contributed by atoms with van der Waals surface area (Å²) in [5.41, 5.74) is 4.20. The van der Waals surface area contributed by atoms with Gasteiger partial charge >= 0.3 is 0 Å². The van der Waals surface area contributed by atoms with Gasteiger partial charge in [-0.25, -0.2) is 0 Å². The molecule has 0 spiro atoms. The molecule has 148 valence electrons. The van der Waals surface area contributed by atoms with Gasteiger partial charge in [-0.3, -0.25) is 9.78 Å². The maximum Gasteiger partial charge on any atom is 0.225 e. The summed E-state index contributed by atoms with van der Waals surface area (Å²) in [4.78, 5) is 18.8. The number of hydrogen-bond donors (Lipinski definition) is 1. The van der Waals surface area contributed by atoms with Crippen molar-refractivity contribution in [1.29, 1.82) is 0 Å². The third-order valence-electron chi connectivity index (χ3n) is 5.40. The third-order valence-corrected chi connectivity index (χ3v) is 5.40. The molecule has 6 nitrogen and oxygen atoms in total. The summed E-state index contributed by atoms with van der Waals surface area (Å²) in [6.45, 7) is 4.17. The Kier molecular flexibility index (Phi) is 5.79. The van der Waals surface area contributed by atoms with Gasteiger partial charge in [0.1, 0.15) is 0 Å². The van der Waals surface area contributed by atoms with Gasteiger partial charge in [0.2, 0.25) is 5.91 Å². The number of nitrogens with one attached hydrogen (secondary N) is 1. The van der Waals surface area contributed by atoms with Crippen molar-refractivity contribution in [3.63, 3.8) is 0 Å². The average molecular weight is 387 g/mol. The van der Waals surface area contributed by atoms with Crippen LogP contribution in [0.5, 0.6) is 0 Å². The number of hydrogen-bond acceptors (Lipinski definition) is 5. The number of piperidine rings is 1. The zero-order valence-corrected chi connectivity index (χ0v) is 16.6. The van der Waals surface area contributed by atoms with Crippen LogP contribution in [0.2, 0.25) is 0 Å². The number of benzene rings is 1. The number of carbonyl (C=O) groups excluding carboxylic acids is 1. The average Bonchev–Trinajstić information content (AvgIpc) is 2.79. The highest BCUT2D eigenvalue weighted by Gasteiger charge is 2.26. The lowest BCUT2D eigenvalue weighted by atomic mass is 9.97. The predicted molar refractivity (Wildman–Crippen MR) is 113 cm³/mol. The second-order valence-corrected chi connectivity index (χ2v) is 7.45. The van der Waals surface area contributed by atoms with Gasteiger partial charge in [0.05, 0.1) is 11.6 Å². The highest BCUT2D eigenvalue weighted by atomic mass is 16.1. The van der Waals surface area contributed by atoms with Crippen LogP contribution in [0.3, 0.4) is 0 Å². The molecule has 1 amide bonds. The normalized spacial score (nSPS) is 16.4. The van der Waals surface area contributed by atoms with Crippen LogP contribution < -0.4 is 10.2 Å². The van der Waals surface area contributed by atoms with E-state index in [1.807, 2.05) is 36.4 Å². The number of carbonyl (C=O) groups is 1. The lowest BCUT2D eigenvalue weighted by Gasteiger charge is -2.32. The highest BCUT2D eigenvalue weighted by molar-refractivity contribution is 5.79. The molecule has 1 saturated heterocycles. The monoisotopic (exact) mass is 387 g/mol. The topological polar surface area (TPSA) is 71.0 Å². The van der Waals surface area contributed by atoms with E-state index in [0.717, 1.165) is 42.0 Å². The molecule has 0 radical (unpaired) electrons. The van der Waals surface area contributed by atoms with Crippen molar-refractivity contribution >= 4 is 11.7 Å². The second-order valence-electron chi connectivity index (χ2n) is 7.45. The Morgan fingerprint density at radius 2 is 1.93 bits per heavy atom. The molecule has 1 atom stereocenters. The van der Waals surface area contributed by atoms with E-state index in [1.54, 1.807) is 12.4 Å². The molecule has 3 aromatic rings. The molecule has 1 aliphatic rings. The minimum Gasteiger partial charge on any atom is -0.354 e. The Bertz CT molecular complexity index is 959. The van der Waals surface area contributed by atoms with Crippen LogP contribution in [-0.2, 0) is 11.3 Å². The van der Waals surface area contributed by atoms with Gasteiger partial charge < -0.3 is 10.2 Å². The van der Waals surface area contributed by atoms with Crippen molar-refractivity contribution in [2.24, 2.45) is 5.92 Å². The molecular formula is C23H25N5O. The van der Waals surface area contributed by atoms with Crippen LogP contribution in [0.25, 0.3) is 11.3 Å². The van der Waals surface area contributed by atoms with Crippen molar-refractivity contribution in [2.75, 3.05) is 18.0 Å². The molecule has 1 unspecified atom stereocenters. The summed E-state index contributed by atoms with van der Waals surface area (Å²) in [6, 6.07) is 16.0. The lowest BCUT2D eigenvalue weighted by Crippen LogP contribution is -2.43. The smallest absolute Gasteiger partial charge is 0.225 e. The van der Waals surface area contributed by atoms with E-state index in [0.29, 0.717) is 13.1 Å². The molecular weight excluding hydrogens is 362 g/mol. The molecule has 2 aromatic heterocycles. The fourth-order valence-corrected chi connectivity index (χ4v) is 3.73. The minimum atomic E-state index is -0.0385. The largest absolute Gasteiger partial charge is 0.354 e. The zero-order valence-electron chi connectivity index (χ0n) is 16.6. The summed E-state index contributed by atoms with van der Waals surface area (Å²) < 4.78 is 0. The summed E-state index contributed by atoms with van der Waals surface area (Å²) in [5, 5.41) is 11.9. The van der Waals surface area contributed by atoms with E-state index in [1.165, 1.54) is 5.56 Å². The van der Waals surface area contributed by atoms with Gasteiger partial charge in [-0.2, -0.15) is 0 Å². The van der Waals surface area contributed by atoms with Crippen LogP contribution in [0.15, 0.2) is 60.9 Å². The van der Waals surface area contributed by atoms with Crippen molar-refractivity contribution < 1.29 is 4.79 Å². The maximum atomic E-state index is 12.6. The first-order chi connectivity index (χ1) is 14.2. The van der Waals surface area contributed by atoms with E-state index in [9.17, 15) is 4.79 Å². The molecule has 0 saturated carbocycles. The molecule has 3 heterocycles. The van der Waals surface area contributed by atoms with Crippen LogP contribution >= 0.6 is 0 Å². The number of anilines is 1. The number of rotatable bonds is 5. The second kappa shape index (κ2) is 8.82. The first kappa shape index (κ1) is 19.1. The van der Waals surface area contributed by atoms with E-state index in [4.69, 9.17) is 0 Å². The Balaban J connectivity index is 1.39. The lowest BCUT2D eigenvalue weighted by molar-refractivity contribution is -0.125. The van der Waals surface area contributed by atoms with Crippen molar-refractivity contribution in [3.8, 4) is 11.3 Å². The fraction of sp³-hybridized carbons (Fsp3) is 0.304. The van der Waals surface area contributed by atoms with Crippen molar-refractivity contribution in [2.45, 2.75) is 26.3 Å². The Morgan fingerprint density at radius 3 is 2.69 bits per heavy atom. The molecule has 4 rings (SSSR count). The maximum absolute atomic E-state index is 12.6. The number of pyridine rings is 1. The summed E-state index contributed by atoms with van der Waals surface area (Å²) >= 11 is 0. The predicted octanol–water partition coefficient (Wildman–Crippen LogP) is 3.38. The first-order valence-corrected chi connectivity index (χ1v) is 10.0. The molecule has 1 aliphatic heterocycles. The number of amides is 1. The van der Waals surface area contributed by atoms with Crippen molar-refractivity contribution in [3.05, 3.63) is 72.1 Å². The van der Waals surface area contributed by atoms with Crippen LogP contribution in [0, 0.1) is 12.8 Å². The van der Waals surface area contributed by atoms with E-state index >= 15 is 0 Å². The summed E-state index contributed by atoms with van der Waals surface area (Å²) in [6.07, 6.45) is 5.34. The van der Waals surface area contributed by atoms with E-state index < -0.39 is 0 Å². The third kappa shape index (κ3) is 4.59. The fourth-order valence-electron chi connectivity index (χ4n) is 3.73. The highest BCUT2D eigenvalue weighted by Crippen LogP contribution is 2.25. The van der Waals surface area contributed by atoms with Crippen LogP contribution in [0.1, 0.15) is 24.0 Å². The quantitative estimate of drug-likeness (QED) is 0.727. The van der Waals surface area contributed by atoms with E-state index in [-0.39, 0.29) is 11.8 Å². The van der Waals surface area contributed by atoms with Crippen LogP contribution in [0.4, 0.5) is 5.82 Å². The minimum absolute atomic E-state index is 0.0385. The molecule has 1 N–H and O–H groups in total. The molecule has 0 bridgehead atoms. The van der Waals surface area contributed by atoms with Gasteiger partial charge in [-0.1, -0.05) is 24.3 Å². The van der Waals surface area contributed by atoms with E-state index in [2.05, 4.69) is 44.5 Å². The van der Waals surface area contributed by atoms with Gasteiger partial charge in [-0.15, -0.1) is 10.2 Å². The molecule has 6 heteroatoms. The van der Waals surface area contributed by atoms with Gasteiger partial charge in [0.25, 0.3) is 0 Å².